The molecule has 3 aromatic rings. The maximum Gasteiger partial charge on any atom is 0.366 e. The largest absolute Gasteiger partial charge is 0.744 e. The molecule has 0 unspecified atom stereocenters. The number of methoxy groups -OCH3 is 2. The maximum absolute atomic E-state index is 10.4. The van der Waals surface area contributed by atoms with Gasteiger partial charge in [0.1, 0.15) is 15.9 Å². The Morgan fingerprint density at radius 2 is 1.41 bits per heavy atom. The average molecular weight is 671 g/mol. The lowest BCUT2D eigenvalue weighted by Gasteiger charge is -2.08. The molecule has 1 N–H and O–H groups in total. The zero-order valence-electron chi connectivity index (χ0n) is 23.1. The third-order valence-electron chi connectivity index (χ3n) is 5.78. The first-order chi connectivity index (χ1) is 18.7. The number of aliphatic hydroxyl groups excluding tert-OH is 1. The van der Waals surface area contributed by atoms with Gasteiger partial charge in [0.2, 0.25) is 0 Å². The van der Waals surface area contributed by atoms with Crippen LogP contribution in [0.25, 0.3) is 0 Å². The van der Waals surface area contributed by atoms with E-state index < -0.39 is 31.3 Å². The summed E-state index contributed by atoms with van der Waals surface area (Å²) in [6.45, 7) is 4.81. The van der Waals surface area contributed by atoms with Crippen LogP contribution in [0.3, 0.4) is 0 Å². The van der Waals surface area contributed by atoms with E-state index in [1.807, 2.05) is 31.2 Å². The van der Waals surface area contributed by atoms with Gasteiger partial charge in [-0.05, 0) is 67.4 Å². The van der Waals surface area contributed by atoms with E-state index in [0.29, 0.717) is 0 Å². The van der Waals surface area contributed by atoms with Crippen molar-refractivity contribution in [3.63, 3.8) is 0 Å². The number of benzene rings is 3. The summed E-state index contributed by atoms with van der Waals surface area (Å²) in [4.78, 5) is -0.178. The number of hydrogen-bond acceptors (Lipinski definition) is 7. The van der Waals surface area contributed by atoms with Gasteiger partial charge in [-0.25, -0.2) is 8.42 Å². The molecule has 0 bridgehead atoms. The molecular formula is C30H39IO7S. The summed E-state index contributed by atoms with van der Waals surface area (Å²) in [5.41, 5.74) is 1.72. The Balaban J connectivity index is 0.000000404. The molecule has 0 aromatic heterocycles. The second-order valence-corrected chi connectivity index (χ2v) is 13.1. The van der Waals surface area contributed by atoms with Crippen LogP contribution in [0.2, 0.25) is 0 Å². The standard InChI is InChI=1S/C23H32IO4.C7H8O3S/c1-4-5-6-7-8-9-14-28-20-12-10-19(11-13-20)24-23-21(26-2)15-18(17-25)16-22(23)27-3;1-6-2-4-7(5-3-6)11(8,9)10/h10-13,15-16,25H,4-9,14,17H2,1-3H3;2-5H,1H3,(H,8,9,10)/q+1;/p-1. The fourth-order valence-electron chi connectivity index (χ4n) is 3.59. The summed E-state index contributed by atoms with van der Waals surface area (Å²) in [5, 5.41) is 9.42. The molecule has 0 saturated carbocycles. The first-order valence-electron chi connectivity index (χ1n) is 13.0. The number of ether oxygens (including phenoxy) is 3. The van der Waals surface area contributed by atoms with Crippen molar-refractivity contribution in [3.8, 4) is 17.2 Å². The van der Waals surface area contributed by atoms with Crippen molar-refractivity contribution in [3.05, 3.63) is 78.9 Å². The molecule has 0 heterocycles. The highest BCUT2D eigenvalue weighted by Crippen LogP contribution is 2.23. The number of unbranched alkanes of at least 4 members (excludes halogenated alkanes) is 5. The fraction of sp³-hybridized carbons (Fsp3) is 0.400. The first kappa shape index (κ1) is 32.9. The summed E-state index contributed by atoms with van der Waals surface area (Å²) in [7, 11) is -0.959. The monoisotopic (exact) mass is 670 g/mol. The van der Waals surface area contributed by atoms with Crippen molar-refractivity contribution in [2.24, 2.45) is 0 Å². The second kappa shape index (κ2) is 17.4. The Bertz CT molecular complexity index is 1200. The van der Waals surface area contributed by atoms with Gasteiger partial charge in [0, 0.05) is 0 Å². The topological polar surface area (TPSA) is 105 Å². The minimum Gasteiger partial charge on any atom is -0.744 e. The molecule has 7 nitrogen and oxygen atoms in total. The van der Waals surface area contributed by atoms with Crippen molar-refractivity contribution in [2.45, 2.75) is 63.9 Å². The van der Waals surface area contributed by atoms with Gasteiger partial charge in [-0.15, -0.1) is 0 Å². The molecule has 0 amide bonds. The van der Waals surface area contributed by atoms with E-state index in [1.54, 1.807) is 26.4 Å². The van der Waals surface area contributed by atoms with Crippen molar-refractivity contribution in [2.75, 3.05) is 20.8 Å². The maximum atomic E-state index is 10.4. The average Bonchev–Trinajstić information content (AvgIpc) is 2.93. The van der Waals surface area contributed by atoms with Gasteiger partial charge in [0.15, 0.2) is 15.1 Å². The third-order valence-corrected chi connectivity index (χ3v) is 9.58. The van der Waals surface area contributed by atoms with Crippen LogP contribution in [0.15, 0.2) is 65.6 Å². The predicted octanol–water partition coefficient (Wildman–Crippen LogP) is 2.96. The van der Waals surface area contributed by atoms with Crippen LogP contribution < -0.4 is 35.4 Å². The van der Waals surface area contributed by atoms with Gasteiger partial charge in [-0.2, -0.15) is 0 Å². The molecule has 0 fully saturated rings. The van der Waals surface area contributed by atoms with Gasteiger partial charge in [-0.1, -0.05) is 56.7 Å². The number of hydrogen-bond donors (Lipinski definition) is 1. The van der Waals surface area contributed by atoms with E-state index in [9.17, 15) is 18.1 Å². The van der Waals surface area contributed by atoms with E-state index in [1.165, 1.54) is 47.8 Å². The summed E-state index contributed by atoms with van der Waals surface area (Å²) >= 11 is -0.471. The number of aryl methyl sites for hydroxylation is 1. The van der Waals surface area contributed by atoms with E-state index in [4.69, 9.17) is 14.2 Å². The zero-order chi connectivity index (χ0) is 28.7. The van der Waals surface area contributed by atoms with E-state index in [2.05, 4.69) is 19.1 Å². The SMILES string of the molecule is CCCCCCCCOc1ccc([I+]c2c(OC)cc(CO)cc2OC)cc1.Cc1ccc(S(=O)(=O)[O-])cc1. The quantitative estimate of drug-likeness (QED) is 0.160. The van der Waals surface area contributed by atoms with E-state index in [-0.39, 0.29) is 11.5 Å². The molecule has 3 rings (SSSR count). The lowest BCUT2D eigenvalue weighted by atomic mass is 10.1. The fourth-order valence-corrected chi connectivity index (χ4v) is 6.68. The van der Waals surface area contributed by atoms with Crippen molar-refractivity contribution < 1.29 is 53.5 Å². The second-order valence-electron chi connectivity index (χ2n) is 8.90. The highest BCUT2D eigenvalue weighted by Gasteiger charge is 2.27. The normalized spacial score (nSPS) is 10.9. The Hall–Kier alpha value is -2.34. The third kappa shape index (κ3) is 11.7. The highest BCUT2D eigenvalue weighted by atomic mass is 127. The van der Waals surface area contributed by atoms with Gasteiger partial charge in [0.05, 0.1) is 32.3 Å². The molecule has 3 aromatic carbocycles. The molecule has 0 aliphatic rings. The zero-order valence-corrected chi connectivity index (χ0v) is 26.1. The molecule has 39 heavy (non-hydrogen) atoms. The van der Waals surface area contributed by atoms with Crippen LogP contribution in [0.4, 0.5) is 0 Å². The lowest BCUT2D eigenvalue weighted by Crippen LogP contribution is -3.61. The lowest BCUT2D eigenvalue weighted by molar-refractivity contribution is -0.598. The van der Waals surface area contributed by atoms with Crippen LogP contribution in [0.5, 0.6) is 17.2 Å². The van der Waals surface area contributed by atoms with Gasteiger partial charge < -0.3 is 23.9 Å². The van der Waals surface area contributed by atoms with Gasteiger partial charge in [-0.3, -0.25) is 0 Å². The molecule has 9 heteroatoms. The Morgan fingerprint density at radius 1 is 0.846 bits per heavy atom. The van der Waals surface area contributed by atoms with Crippen LogP contribution in [-0.2, 0) is 16.7 Å². The van der Waals surface area contributed by atoms with Crippen molar-refractivity contribution in [1.82, 2.24) is 0 Å². The number of rotatable bonds is 14. The van der Waals surface area contributed by atoms with Crippen LogP contribution >= 0.6 is 0 Å². The van der Waals surface area contributed by atoms with E-state index in [0.717, 1.165) is 45.0 Å². The number of aliphatic hydroxyl groups is 1. The van der Waals surface area contributed by atoms with E-state index >= 15 is 0 Å². The summed E-state index contributed by atoms with van der Waals surface area (Å²) in [6, 6.07) is 17.9. The predicted molar refractivity (Wildman–Crippen MR) is 147 cm³/mol. The molecule has 214 valence electrons. The smallest absolute Gasteiger partial charge is 0.366 e. The number of halogens is 1. The Kier molecular flexibility index (Phi) is 14.6. The summed E-state index contributed by atoms with van der Waals surface area (Å²) in [6.07, 6.45) is 7.62. The van der Waals surface area contributed by atoms with Crippen molar-refractivity contribution >= 4 is 10.1 Å². The van der Waals surface area contributed by atoms with Crippen molar-refractivity contribution in [1.29, 1.82) is 0 Å². The molecule has 0 spiro atoms. The molecule has 0 radical (unpaired) electrons. The van der Waals surface area contributed by atoms with Gasteiger partial charge in [0.25, 0.3) is 3.57 Å². The minimum atomic E-state index is -4.27. The van der Waals surface area contributed by atoms with Gasteiger partial charge >= 0.3 is 21.2 Å². The highest BCUT2D eigenvalue weighted by molar-refractivity contribution is 7.85. The summed E-state index contributed by atoms with van der Waals surface area (Å²) < 4.78 is 50.5. The Labute approximate surface area is 243 Å². The molecular weight excluding hydrogens is 631 g/mol. The minimum absolute atomic E-state index is 0.0318. The molecule has 0 aliphatic heterocycles. The molecule has 0 saturated heterocycles. The molecule has 0 aliphatic carbocycles. The Morgan fingerprint density at radius 3 is 1.92 bits per heavy atom. The summed E-state index contributed by atoms with van der Waals surface area (Å²) in [5.74, 6) is 2.48. The first-order valence-corrected chi connectivity index (χ1v) is 16.5. The molecule has 0 atom stereocenters. The van der Waals surface area contributed by atoms with Crippen LogP contribution in [0.1, 0.15) is 56.6 Å². The van der Waals surface area contributed by atoms with Crippen LogP contribution in [-0.4, -0.2) is 38.9 Å². The van der Waals surface area contributed by atoms with Crippen LogP contribution in [0, 0.1) is 14.1 Å².